The zero-order chi connectivity index (χ0) is 25.3. The number of hydrogen-bond donors (Lipinski definition) is 2. The minimum absolute atomic E-state index is 0.00751. The van der Waals surface area contributed by atoms with Crippen molar-refractivity contribution in [1.82, 2.24) is 9.80 Å². The number of likely N-dealkylation sites (tertiary alicyclic amines) is 1. The highest BCUT2D eigenvalue weighted by Gasteiger charge is 2.50. The molecular formula is C28H36N4O4. The Morgan fingerprint density at radius 3 is 2.50 bits per heavy atom. The van der Waals surface area contributed by atoms with Gasteiger partial charge in [0.05, 0.1) is 36.0 Å². The van der Waals surface area contributed by atoms with Gasteiger partial charge in [0.2, 0.25) is 0 Å². The Bertz CT molecular complexity index is 1120. The first-order chi connectivity index (χ1) is 17.4. The molecule has 0 bridgehead atoms. The van der Waals surface area contributed by atoms with Crippen molar-refractivity contribution < 1.29 is 19.4 Å². The number of aliphatic hydroxyl groups is 1. The minimum atomic E-state index is -0.633. The van der Waals surface area contributed by atoms with Crippen molar-refractivity contribution in [2.24, 2.45) is 11.1 Å². The van der Waals surface area contributed by atoms with E-state index in [1.807, 2.05) is 35.2 Å². The molecule has 1 spiro atoms. The summed E-state index contributed by atoms with van der Waals surface area (Å²) in [4.78, 5) is 32.3. The van der Waals surface area contributed by atoms with Crippen molar-refractivity contribution in [3.05, 3.63) is 64.7 Å². The molecule has 3 N–H and O–H groups in total. The third kappa shape index (κ3) is 4.73. The van der Waals surface area contributed by atoms with Gasteiger partial charge in [0.1, 0.15) is 0 Å². The van der Waals surface area contributed by atoms with E-state index in [0.29, 0.717) is 43.6 Å². The second kappa shape index (κ2) is 10.2. The summed E-state index contributed by atoms with van der Waals surface area (Å²) in [6.45, 7) is 7.65. The van der Waals surface area contributed by atoms with Gasteiger partial charge in [-0.3, -0.25) is 9.59 Å². The van der Waals surface area contributed by atoms with Gasteiger partial charge in [0.15, 0.2) is 0 Å². The van der Waals surface area contributed by atoms with Crippen molar-refractivity contribution in [2.75, 3.05) is 57.4 Å². The Kier molecular flexibility index (Phi) is 7.01. The van der Waals surface area contributed by atoms with E-state index in [4.69, 9.17) is 10.5 Å². The zero-order valence-electron chi connectivity index (χ0n) is 21.0. The number of aryl methyl sites for hydroxylation is 1. The molecule has 3 heterocycles. The van der Waals surface area contributed by atoms with Gasteiger partial charge in [-0.05, 0) is 49.1 Å². The Hall–Kier alpha value is -2.94. The normalized spacial score (nSPS) is 19.4. The molecule has 2 aromatic rings. The van der Waals surface area contributed by atoms with Crippen LogP contribution in [0.2, 0.25) is 0 Å². The van der Waals surface area contributed by atoms with E-state index in [0.717, 1.165) is 49.7 Å². The number of ether oxygens (including phenoxy) is 1. The average Bonchev–Trinajstić information content (AvgIpc) is 2.97. The molecule has 1 atom stereocenters. The Morgan fingerprint density at radius 1 is 1.11 bits per heavy atom. The maximum Gasteiger partial charge on any atom is 0.256 e. The molecule has 0 aliphatic carbocycles. The first-order valence-corrected chi connectivity index (χ1v) is 12.9. The molecule has 8 heteroatoms. The van der Waals surface area contributed by atoms with E-state index in [2.05, 4.69) is 11.8 Å². The van der Waals surface area contributed by atoms with Crippen LogP contribution in [-0.2, 0) is 17.7 Å². The lowest BCUT2D eigenvalue weighted by Gasteiger charge is -2.54. The summed E-state index contributed by atoms with van der Waals surface area (Å²) >= 11 is 0. The second-order valence-electron chi connectivity index (χ2n) is 10.4. The molecule has 2 fully saturated rings. The molecular weight excluding hydrogens is 456 g/mol. The van der Waals surface area contributed by atoms with Crippen molar-refractivity contribution in [1.29, 1.82) is 0 Å². The van der Waals surface area contributed by atoms with Gasteiger partial charge in [0, 0.05) is 51.4 Å². The molecule has 0 radical (unpaired) electrons. The fraction of sp³-hybridized carbons (Fsp3) is 0.500. The summed E-state index contributed by atoms with van der Waals surface area (Å²) in [5.41, 5.74) is 10.2. The van der Waals surface area contributed by atoms with Crippen molar-refractivity contribution in [3.8, 4) is 0 Å². The van der Waals surface area contributed by atoms with Crippen LogP contribution >= 0.6 is 0 Å². The van der Waals surface area contributed by atoms with Crippen LogP contribution in [0.1, 0.15) is 45.2 Å². The van der Waals surface area contributed by atoms with E-state index in [1.54, 1.807) is 17.0 Å². The Labute approximate surface area is 212 Å². The number of anilines is 1. The van der Waals surface area contributed by atoms with Crippen LogP contribution < -0.4 is 10.6 Å². The fourth-order valence-electron chi connectivity index (χ4n) is 5.57. The standard InChI is InChI=1S/C28H36N4O4/c1-2-30-11-12-31(15-23(33)9-7-20-5-3-4-6-22(20)14-29)27(35)24-10-8-21(13-25(24)30)26(34)32-16-28(17-32)18-36-19-28/h3-6,8,10,13,23,33H,2,7,9,11-12,14-19,29H2,1H3. The number of amides is 2. The van der Waals surface area contributed by atoms with E-state index in [-0.39, 0.29) is 23.8 Å². The lowest BCUT2D eigenvalue weighted by Crippen LogP contribution is -2.67. The van der Waals surface area contributed by atoms with E-state index in [9.17, 15) is 14.7 Å². The predicted molar refractivity (Wildman–Crippen MR) is 138 cm³/mol. The number of β-amino-alcohol motifs (C(OH)–C–C–N with tert-alkyl or cyclic N) is 1. The van der Waals surface area contributed by atoms with E-state index in [1.165, 1.54) is 0 Å². The van der Waals surface area contributed by atoms with E-state index < -0.39 is 6.10 Å². The van der Waals surface area contributed by atoms with Gasteiger partial charge >= 0.3 is 0 Å². The molecule has 36 heavy (non-hydrogen) atoms. The topological polar surface area (TPSA) is 99.3 Å². The van der Waals surface area contributed by atoms with Crippen LogP contribution in [0.25, 0.3) is 0 Å². The fourth-order valence-corrected chi connectivity index (χ4v) is 5.57. The van der Waals surface area contributed by atoms with Crippen LogP contribution in [0.5, 0.6) is 0 Å². The highest BCUT2D eigenvalue weighted by Crippen LogP contribution is 2.38. The Balaban J connectivity index is 1.26. The molecule has 3 aliphatic heterocycles. The molecule has 2 saturated heterocycles. The SMILES string of the molecule is CCN1CCN(CC(O)CCc2ccccc2CN)C(=O)c2ccc(C(=O)N3CC4(COC4)C3)cc21. The number of fused-ring (bicyclic) bond motifs is 1. The number of rotatable bonds is 8. The number of nitrogens with two attached hydrogens (primary N) is 1. The van der Waals surface area contributed by atoms with Crippen molar-refractivity contribution >= 4 is 17.5 Å². The first kappa shape index (κ1) is 24.7. The number of nitrogens with zero attached hydrogens (tertiary/aromatic N) is 3. The van der Waals surface area contributed by atoms with Crippen molar-refractivity contribution in [2.45, 2.75) is 32.4 Å². The smallest absolute Gasteiger partial charge is 0.256 e. The zero-order valence-corrected chi connectivity index (χ0v) is 21.0. The third-order valence-electron chi connectivity index (χ3n) is 7.80. The molecule has 0 aromatic heterocycles. The van der Waals surface area contributed by atoms with Gasteiger partial charge in [-0.15, -0.1) is 0 Å². The quantitative estimate of drug-likeness (QED) is 0.584. The second-order valence-corrected chi connectivity index (χ2v) is 10.4. The predicted octanol–water partition coefficient (Wildman–Crippen LogP) is 1.89. The molecule has 5 rings (SSSR count). The number of benzene rings is 2. The van der Waals surface area contributed by atoms with Gasteiger partial charge < -0.3 is 30.3 Å². The average molecular weight is 493 g/mol. The summed E-state index contributed by atoms with van der Waals surface area (Å²) < 4.78 is 5.32. The monoisotopic (exact) mass is 492 g/mol. The number of hydrogen-bond acceptors (Lipinski definition) is 6. The highest BCUT2D eigenvalue weighted by molar-refractivity contribution is 6.03. The number of carbonyl (C=O) groups is 2. The van der Waals surface area contributed by atoms with Crippen molar-refractivity contribution in [3.63, 3.8) is 0 Å². The molecule has 8 nitrogen and oxygen atoms in total. The summed E-state index contributed by atoms with van der Waals surface area (Å²) in [5, 5.41) is 10.8. The minimum Gasteiger partial charge on any atom is -0.391 e. The van der Waals surface area contributed by atoms with Crippen LogP contribution in [0.4, 0.5) is 5.69 Å². The summed E-state index contributed by atoms with van der Waals surface area (Å²) in [5.74, 6) is -0.0935. The van der Waals surface area contributed by atoms with Crippen LogP contribution in [0.3, 0.4) is 0 Å². The summed E-state index contributed by atoms with van der Waals surface area (Å²) in [6.07, 6.45) is 0.636. The number of likely N-dealkylation sites (N-methyl/N-ethyl adjacent to an activating group) is 1. The summed E-state index contributed by atoms with van der Waals surface area (Å²) in [7, 11) is 0. The highest BCUT2D eigenvalue weighted by atomic mass is 16.5. The maximum absolute atomic E-state index is 13.5. The first-order valence-electron chi connectivity index (χ1n) is 12.9. The molecule has 2 amide bonds. The van der Waals surface area contributed by atoms with Gasteiger partial charge in [-0.2, -0.15) is 0 Å². The lowest BCUT2D eigenvalue weighted by atomic mass is 9.78. The summed E-state index contributed by atoms with van der Waals surface area (Å²) in [6, 6.07) is 13.4. The molecule has 1 unspecified atom stereocenters. The molecule has 192 valence electrons. The molecule has 2 aromatic carbocycles. The van der Waals surface area contributed by atoms with E-state index >= 15 is 0 Å². The van der Waals surface area contributed by atoms with Gasteiger partial charge in [-0.25, -0.2) is 0 Å². The lowest BCUT2D eigenvalue weighted by molar-refractivity contribution is -0.176. The maximum atomic E-state index is 13.5. The molecule has 0 saturated carbocycles. The largest absolute Gasteiger partial charge is 0.391 e. The number of carbonyl (C=O) groups excluding carboxylic acids is 2. The van der Waals surface area contributed by atoms with Crippen LogP contribution in [0, 0.1) is 5.41 Å². The van der Waals surface area contributed by atoms with Crippen LogP contribution in [-0.4, -0.2) is 85.3 Å². The Morgan fingerprint density at radius 2 is 1.83 bits per heavy atom. The van der Waals surface area contributed by atoms with Gasteiger partial charge in [-0.1, -0.05) is 24.3 Å². The third-order valence-corrected chi connectivity index (χ3v) is 7.80. The molecule has 3 aliphatic rings. The van der Waals surface area contributed by atoms with Crippen LogP contribution in [0.15, 0.2) is 42.5 Å². The van der Waals surface area contributed by atoms with Gasteiger partial charge in [0.25, 0.3) is 11.8 Å². The number of aliphatic hydroxyl groups excluding tert-OH is 1.